The van der Waals surface area contributed by atoms with Crippen LogP contribution in [-0.2, 0) is 6.61 Å². The number of aliphatic hydroxyl groups excluding tert-OH is 1. The van der Waals surface area contributed by atoms with Crippen LogP contribution in [-0.4, -0.2) is 11.2 Å². The maximum Gasteiger partial charge on any atom is 0.120 e. The Hall–Kier alpha value is -0.540. The fourth-order valence-corrected chi connectivity index (χ4v) is 2.80. The molecule has 2 nitrogen and oxygen atoms in total. The lowest BCUT2D eigenvalue weighted by atomic mass is 9.89. The quantitative estimate of drug-likeness (QED) is 0.917. The molecule has 0 amide bonds. The van der Waals surface area contributed by atoms with E-state index in [9.17, 15) is 5.11 Å². The van der Waals surface area contributed by atoms with Gasteiger partial charge < -0.3 is 9.84 Å². The lowest BCUT2D eigenvalue weighted by Crippen LogP contribution is -2.24. The topological polar surface area (TPSA) is 29.5 Å². The highest BCUT2D eigenvalue weighted by atomic mass is 79.9. The van der Waals surface area contributed by atoms with Gasteiger partial charge in [0.2, 0.25) is 0 Å². The molecule has 1 aromatic rings. The summed E-state index contributed by atoms with van der Waals surface area (Å²) in [7, 11) is 0. The monoisotopic (exact) mass is 298 g/mol. The number of aliphatic hydroxyl groups is 1. The zero-order valence-corrected chi connectivity index (χ0v) is 11.7. The van der Waals surface area contributed by atoms with Gasteiger partial charge in [-0.3, -0.25) is 0 Å². The molecule has 2 unspecified atom stereocenters. The van der Waals surface area contributed by atoms with Crippen molar-refractivity contribution in [2.75, 3.05) is 0 Å². The lowest BCUT2D eigenvalue weighted by molar-refractivity contribution is 0.129. The number of halogens is 1. The zero-order chi connectivity index (χ0) is 12.3. The molecule has 0 aromatic heterocycles. The number of ether oxygens (including phenoxy) is 1. The van der Waals surface area contributed by atoms with Crippen LogP contribution in [0.4, 0.5) is 0 Å². The summed E-state index contributed by atoms with van der Waals surface area (Å²) in [6.07, 6.45) is 5.21. The van der Waals surface area contributed by atoms with Gasteiger partial charge in [-0.1, -0.05) is 29.3 Å². The van der Waals surface area contributed by atoms with Crippen LogP contribution in [0, 0.1) is 5.92 Å². The highest BCUT2D eigenvalue weighted by molar-refractivity contribution is 9.10. The van der Waals surface area contributed by atoms with E-state index in [0.29, 0.717) is 6.10 Å². The molecule has 1 aliphatic carbocycles. The van der Waals surface area contributed by atoms with E-state index in [1.807, 2.05) is 18.2 Å². The second-order valence-electron chi connectivity index (χ2n) is 4.92. The first-order valence-corrected chi connectivity index (χ1v) is 7.04. The lowest BCUT2D eigenvalue weighted by Gasteiger charge is -2.27. The highest BCUT2D eigenvalue weighted by Crippen LogP contribution is 2.29. The van der Waals surface area contributed by atoms with Crippen LogP contribution in [0.15, 0.2) is 22.7 Å². The van der Waals surface area contributed by atoms with Crippen molar-refractivity contribution in [1.29, 1.82) is 0 Å². The number of rotatable bonds is 3. The molecule has 94 valence electrons. The van der Waals surface area contributed by atoms with E-state index in [-0.39, 0.29) is 6.61 Å². The summed E-state index contributed by atoms with van der Waals surface area (Å²) >= 11 is 3.41. The molecule has 0 bridgehead atoms. The minimum Gasteiger partial charge on any atom is -0.490 e. The first-order chi connectivity index (χ1) is 8.19. The van der Waals surface area contributed by atoms with E-state index in [2.05, 4.69) is 22.9 Å². The van der Waals surface area contributed by atoms with Crippen molar-refractivity contribution in [2.24, 2.45) is 5.92 Å². The van der Waals surface area contributed by atoms with Gasteiger partial charge >= 0.3 is 0 Å². The molecule has 1 N–H and O–H groups in total. The number of hydrogen-bond acceptors (Lipinski definition) is 2. The Morgan fingerprint density at radius 1 is 1.41 bits per heavy atom. The largest absolute Gasteiger partial charge is 0.490 e. The molecule has 0 radical (unpaired) electrons. The Morgan fingerprint density at radius 2 is 2.24 bits per heavy atom. The predicted octanol–water partition coefficient (Wildman–Crippen LogP) is 3.90. The van der Waals surface area contributed by atoms with Gasteiger partial charge in [-0.2, -0.15) is 0 Å². The summed E-state index contributed by atoms with van der Waals surface area (Å²) in [4.78, 5) is 0. The second kappa shape index (κ2) is 5.87. The Bertz CT molecular complexity index is 378. The van der Waals surface area contributed by atoms with Crippen molar-refractivity contribution in [3.8, 4) is 5.75 Å². The maximum atomic E-state index is 9.21. The molecule has 0 heterocycles. The van der Waals surface area contributed by atoms with E-state index in [0.717, 1.165) is 34.5 Å². The molecule has 3 heteroatoms. The smallest absolute Gasteiger partial charge is 0.120 e. The van der Waals surface area contributed by atoms with Gasteiger partial charge in [0.05, 0.1) is 12.7 Å². The number of benzene rings is 1. The van der Waals surface area contributed by atoms with E-state index in [4.69, 9.17) is 4.74 Å². The molecule has 1 aromatic carbocycles. The molecular formula is C14H19BrO2. The summed E-state index contributed by atoms with van der Waals surface area (Å²) in [5.74, 6) is 1.64. The summed E-state index contributed by atoms with van der Waals surface area (Å²) in [6, 6.07) is 5.82. The van der Waals surface area contributed by atoms with Crippen molar-refractivity contribution in [3.05, 3.63) is 28.2 Å². The van der Waals surface area contributed by atoms with Gasteiger partial charge in [-0.15, -0.1) is 0 Å². The fraction of sp³-hybridized carbons (Fsp3) is 0.571. The van der Waals surface area contributed by atoms with Crippen molar-refractivity contribution >= 4 is 15.9 Å². The first-order valence-electron chi connectivity index (χ1n) is 6.25. The minimum absolute atomic E-state index is 0.0405. The van der Waals surface area contributed by atoms with Gasteiger partial charge in [0.25, 0.3) is 0 Å². The Balaban J connectivity index is 2.02. The van der Waals surface area contributed by atoms with Gasteiger partial charge in [0.1, 0.15) is 5.75 Å². The molecule has 1 aliphatic rings. The molecule has 1 fully saturated rings. The fourth-order valence-electron chi connectivity index (χ4n) is 2.42. The average molecular weight is 299 g/mol. The van der Waals surface area contributed by atoms with Crippen LogP contribution in [0.5, 0.6) is 5.75 Å². The van der Waals surface area contributed by atoms with E-state index in [1.165, 1.54) is 12.8 Å². The van der Waals surface area contributed by atoms with Crippen molar-refractivity contribution in [2.45, 2.75) is 45.3 Å². The standard InChI is InChI=1S/C14H19BrO2/c1-10-3-2-4-12(7-10)17-13-5-6-14(15)11(8-13)9-16/h5-6,8,10,12,16H,2-4,7,9H2,1H3. The van der Waals surface area contributed by atoms with Crippen LogP contribution in [0.25, 0.3) is 0 Å². The van der Waals surface area contributed by atoms with Crippen LogP contribution in [0.3, 0.4) is 0 Å². The van der Waals surface area contributed by atoms with Crippen molar-refractivity contribution < 1.29 is 9.84 Å². The zero-order valence-electron chi connectivity index (χ0n) is 10.2. The van der Waals surface area contributed by atoms with Gasteiger partial charge in [0, 0.05) is 4.47 Å². The first kappa shape index (κ1) is 12.9. The molecule has 17 heavy (non-hydrogen) atoms. The maximum absolute atomic E-state index is 9.21. The molecule has 2 atom stereocenters. The van der Waals surface area contributed by atoms with Crippen LogP contribution in [0.2, 0.25) is 0 Å². The summed E-state index contributed by atoms with van der Waals surface area (Å²) in [5, 5.41) is 9.21. The Morgan fingerprint density at radius 3 is 2.94 bits per heavy atom. The molecular weight excluding hydrogens is 280 g/mol. The Labute approximate surface area is 111 Å². The molecule has 0 aliphatic heterocycles. The van der Waals surface area contributed by atoms with E-state index < -0.39 is 0 Å². The van der Waals surface area contributed by atoms with Crippen LogP contribution < -0.4 is 4.74 Å². The predicted molar refractivity (Wildman–Crippen MR) is 72.1 cm³/mol. The highest BCUT2D eigenvalue weighted by Gasteiger charge is 2.20. The Kier molecular flexibility index (Phi) is 4.46. The average Bonchev–Trinajstić information content (AvgIpc) is 2.32. The summed E-state index contributed by atoms with van der Waals surface area (Å²) in [5.41, 5.74) is 0.881. The van der Waals surface area contributed by atoms with E-state index >= 15 is 0 Å². The van der Waals surface area contributed by atoms with Crippen LogP contribution >= 0.6 is 15.9 Å². The normalized spacial score (nSPS) is 24.6. The third-order valence-corrected chi connectivity index (χ3v) is 4.15. The van der Waals surface area contributed by atoms with E-state index in [1.54, 1.807) is 0 Å². The SMILES string of the molecule is CC1CCCC(Oc2ccc(Br)c(CO)c2)C1. The molecule has 2 rings (SSSR count). The number of hydrogen-bond donors (Lipinski definition) is 1. The summed E-state index contributed by atoms with van der Waals surface area (Å²) in [6.45, 7) is 2.33. The van der Waals surface area contributed by atoms with Gasteiger partial charge in [-0.25, -0.2) is 0 Å². The molecule has 0 saturated heterocycles. The third kappa shape index (κ3) is 3.46. The second-order valence-corrected chi connectivity index (χ2v) is 5.78. The van der Waals surface area contributed by atoms with Crippen LogP contribution in [0.1, 0.15) is 38.2 Å². The van der Waals surface area contributed by atoms with Crippen molar-refractivity contribution in [3.63, 3.8) is 0 Å². The molecule has 0 spiro atoms. The van der Waals surface area contributed by atoms with Crippen molar-refractivity contribution in [1.82, 2.24) is 0 Å². The summed E-state index contributed by atoms with van der Waals surface area (Å²) < 4.78 is 6.93. The molecule has 1 saturated carbocycles. The van der Waals surface area contributed by atoms with Gasteiger partial charge in [-0.05, 0) is 48.9 Å². The third-order valence-electron chi connectivity index (χ3n) is 3.38. The van der Waals surface area contributed by atoms with Gasteiger partial charge in [0.15, 0.2) is 0 Å². The minimum atomic E-state index is 0.0405.